The van der Waals surface area contributed by atoms with Crippen LogP contribution in [0.2, 0.25) is 0 Å². The number of ketones is 1. The van der Waals surface area contributed by atoms with E-state index in [9.17, 15) is 9.59 Å². The third kappa shape index (κ3) is 4.56. The van der Waals surface area contributed by atoms with Gasteiger partial charge in [0.2, 0.25) is 0 Å². The van der Waals surface area contributed by atoms with E-state index in [1.165, 1.54) is 5.01 Å². The molecule has 0 bridgehead atoms. The van der Waals surface area contributed by atoms with Crippen molar-refractivity contribution in [1.82, 2.24) is 5.01 Å². The zero-order chi connectivity index (χ0) is 22.5. The van der Waals surface area contributed by atoms with Gasteiger partial charge in [-0.05, 0) is 66.2 Å². The summed E-state index contributed by atoms with van der Waals surface area (Å²) in [5, 5.41) is 6.01. The van der Waals surface area contributed by atoms with Crippen LogP contribution in [0.3, 0.4) is 0 Å². The standard InChI is InChI=1S/C25H24N2O5/c1-3-23(28)18-8-12-20(13-9-18)32-16-25(29)27-22(24-5-4-14-31-24)15-21(26-27)17-6-10-19(30-2)11-7-17/h4-14,22H,3,15-16H2,1-2H3/t22-/m0/s1. The fourth-order valence-electron chi connectivity index (χ4n) is 3.55. The van der Waals surface area contributed by atoms with Gasteiger partial charge in [0.1, 0.15) is 23.3 Å². The Hall–Kier alpha value is -3.87. The van der Waals surface area contributed by atoms with Gasteiger partial charge in [0.25, 0.3) is 5.91 Å². The Balaban J connectivity index is 1.49. The fourth-order valence-corrected chi connectivity index (χ4v) is 3.55. The predicted molar refractivity (Wildman–Crippen MR) is 119 cm³/mol. The highest BCUT2D eigenvalue weighted by Gasteiger charge is 2.35. The second-order valence-electron chi connectivity index (χ2n) is 7.34. The van der Waals surface area contributed by atoms with E-state index in [1.807, 2.05) is 37.3 Å². The van der Waals surface area contributed by atoms with Crippen LogP contribution < -0.4 is 9.47 Å². The number of hydrazone groups is 1. The van der Waals surface area contributed by atoms with Gasteiger partial charge in [-0.2, -0.15) is 5.10 Å². The first-order valence-corrected chi connectivity index (χ1v) is 10.4. The maximum Gasteiger partial charge on any atom is 0.281 e. The van der Waals surface area contributed by atoms with Gasteiger partial charge < -0.3 is 13.9 Å². The summed E-state index contributed by atoms with van der Waals surface area (Å²) >= 11 is 0. The number of rotatable bonds is 8. The summed E-state index contributed by atoms with van der Waals surface area (Å²) in [6.45, 7) is 1.63. The van der Waals surface area contributed by atoms with E-state index in [1.54, 1.807) is 43.7 Å². The number of methoxy groups -OCH3 is 1. The van der Waals surface area contributed by atoms with Gasteiger partial charge in [0.05, 0.1) is 19.1 Å². The average Bonchev–Trinajstić information content (AvgIpc) is 3.52. The minimum Gasteiger partial charge on any atom is -0.497 e. The molecule has 4 rings (SSSR count). The molecule has 1 atom stereocenters. The highest BCUT2D eigenvalue weighted by Crippen LogP contribution is 2.33. The van der Waals surface area contributed by atoms with Crippen molar-refractivity contribution in [3.63, 3.8) is 0 Å². The highest BCUT2D eigenvalue weighted by atomic mass is 16.5. The largest absolute Gasteiger partial charge is 0.497 e. The summed E-state index contributed by atoms with van der Waals surface area (Å²) in [7, 11) is 1.62. The van der Waals surface area contributed by atoms with Crippen molar-refractivity contribution < 1.29 is 23.5 Å². The maximum absolute atomic E-state index is 13.0. The fraction of sp³-hybridized carbons (Fsp3) is 0.240. The molecule has 0 saturated heterocycles. The van der Waals surface area contributed by atoms with E-state index in [0.29, 0.717) is 29.9 Å². The Labute approximate surface area is 186 Å². The van der Waals surface area contributed by atoms with Gasteiger partial charge in [-0.25, -0.2) is 5.01 Å². The van der Waals surface area contributed by atoms with Crippen molar-refractivity contribution in [2.45, 2.75) is 25.8 Å². The number of benzene rings is 2. The molecule has 0 fully saturated rings. The lowest BCUT2D eigenvalue weighted by Gasteiger charge is -2.20. The Morgan fingerprint density at radius 3 is 2.41 bits per heavy atom. The van der Waals surface area contributed by atoms with Crippen molar-refractivity contribution >= 4 is 17.4 Å². The Bertz CT molecular complexity index is 1100. The molecular weight excluding hydrogens is 408 g/mol. The van der Waals surface area contributed by atoms with Crippen LogP contribution in [0.25, 0.3) is 0 Å². The van der Waals surface area contributed by atoms with Crippen molar-refractivity contribution in [1.29, 1.82) is 0 Å². The smallest absolute Gasteiger partial charge is 0.281 e. The van der Waals surface area contributed by atoms with Crippen LogP contribution in [-0.2, 0) is 4.79 Å². The van der Waals surface area contributed by atoms with Crippen LogP contribution in [0, 0.1) is 0 Å². The van der Waals surface area contributed by atoms with Gasteiger partial charge in [0.15, 0.2) is 12.4 Å². The molecule has 1 amide bonds. The van der Waals surface area contributed by atoms with Crippen LogP contribution in [0.15, 0.2) is 76.4 Å². The van der Waals surface area contributed by atoms with Gasteiger partial charge >= 0.3 is 0 Å². The quantitative estimate of drug-likeness (QED) is 0.485. The van der Waals surface area contributed by atoms with Gasteiger partial charge in [-0.3, -0.25) is 9.59 Å². The summed E-state index contributed by atoms with van der Waals surface area (Å²) in [6, 6.07) is 17.6. The van der Waals surface area contributed by atoms with Crippen molar-refractivity contribution in [3.05, 3.63) is 83.8 Å². The lowest BCUT2D eigenvalue weighted by molar-refractivity contribution is -0.135. The topological polar surface area (TPSA) is 81.3 Å². The lowest BCUT2D eigenvalue weighted by Crippen LogP contribution is -2.31. The molecule has 0 N–H and O–H groups in total. The van der Waals surface area contributed by atoms with E-state index in [2.05, 4.69) is 5.10 Å². The number of nitrogens with zero attached hydrogens (tertiary/aromatic N) is 2. The first-order valence-electron chi connectivity index (χ1n) is 10.4. The first-order chi connectivity index (χ1) is 15.6. The van der Waals surface area contributed by atoms with Crippen LogP contribution in [0.4, 0.5) is 0 Å². The predicted octanol–water partition coefficient (Wildman–Crippen LogP) is 4.64. The number of carbonyl (C=O) groups is 2. The molecule has 164 valence electrons. The van der Waals surface area contributed by atoms with Crippen molar-refractivity contribution in [2.24, 2.45) is 5.10 Å². The maximum atomic E-state index is 13.0. The minimum absolute atomic E-state index is 0.0615. The summed E-state index contributed by atoms with van der Waals surface area (Å²) in [4.78, 5) is 24.8. The van der Waals surface area contributed by atoms with E-state index in [-0.39, 0.29) is 24.3 Å². The number of ether oxygens (including phenoxy) is 2. The van der Waals surface area contributed by atoms with Crippen LogP contribution in [0.5, 0.6) is 11.5 Å². The van der Waals surface area contributed by atoms with Gasteiger partial charge in [-0.15, -0.1) is 0 Å². The normalized spacial score (nSPS) is 15.4. The third-order valence-electron chi connectivity index (χ3n) is 5.32. The van der Waals surface area contributed by atoms with Crippen molar-refractivity contribution in [3.8, 4) is 11.5 Å². The molecule has 2 aromatic carbocycles. The zero-order valence-electron chi connectivity index (χ0n) is 18.0. The van der Waals surface area contributed by atoms with Crippen LogP contribution >= 0.6 is 0 Å². The van der Waals surface area contributed by atoms with E-state index >= 15 is 0 Å². The lowest BCUT2D eigenvalue weighted by atomic mass is 10.0. The van der Waals surface area contributed by atoms with E-state index in [0.717, 1.165) is 17.0 Å². The molecular formula is C25H24N2O5. The molecule has 32 heavy (non-hydrogen) atoms. The molecule has 0 radical (unpaired) electrons. The first kappa shape index (κ1) is 21.4. The zero-order valence-corrected chi connectivity index (χ0v) is 18.0. The number of carbonyl (C=O) groups excluding carboxylic acids is 2. The number of furan rings is 1. The Morgan fingerprint density at radius 1 is 1.06 bits per heavy atom. The molecule has 3 aromatic rings. The van der Waals surface area contributed by atoms with E-state index in [4.69, 9.17) is 13.9 Å². The Kier molecular flexibility index (Phi) is 6.35. The molecule has 0 aliphatic carbocycles. The third-order valence-corrected chi connectivity index (χ3v) is 5.32. The summed E-state index contributed by atoms with van der Waals surface area (Å²) in [5.41, 5.74) is 2.32. The number of hydrogen-bond donors (Lipinski definition) is 0. The molecule has 2 heterocycles. The molecule has 0 unspecified atom stereocenters. The molecule has 7 nitrogen and oxygen atoms in total. The monoisotopic (exact) mass is 432 g/mol. The number of Topliss-reactive ketones (excluding diaryl/α,β-unsaturated/α-hetero) is 1. The molecule has 1 aliphatic heterocycles. The number of hydrogen-bond acceptors (Lipinski definition) is 6. The van der Waals surface area contributed by atoms with Gasteiger partial charge in [0, 0.05) is 18.4 Å². The molecule has 0 spiro atoms. The average molecular weight is 432 g/mol. The molecule has 7 heteroatoms. The van der Waals surface area contributed by atoms with Gasteiger partial charge in [-0.1, -0.05) is 6.92 Å². The Morgan fingerprint density at radius 2 is 1.78 bits per heavy atom. The summed E-state index contributed by atoms with van der Waals surface area (Å²) in [5.74, 6) is 1.70. The summed E-state index contributed by atoms with van der Waals surface area (Å²) < 4.78 is 16.5. The van der Waals surface area contributed by atoms with Crippen LogP contribution in [0.1, 0.15) is 47.5 Å². The minimum atomic E-state index is -0.345. The second kappa shape index (κ2) is 9.51. The number of amides is 1. The van der Waals surface area contributed by atoms with Crippen molar-refractivity contribution in [2.75, 3.05) is 13.7 Å². The molecule has 1 aromatic heterocycles. The second-order valence-corrected chi connectivity index (χ2v) is 7.34. The van der Waals surface area contributed by atoms with E-state index < -0.39 is 0 Å². The molecule has 1 aliphatic rings. The molecule has 0 saturated carbocycles. The van der Waals surface area contributed by atoms with Crippen LogP contribution in [-0.4, -0.2) is 36.1 Å². The highest BCUT2D eigenvalue weighted by molar-refractivity contribution is 6.03. The SMILES string of the molecule is CCC(=O)c1ccc(OCC(=O)N2N=C(c3ccc(OC)cc3)C[C@H]2c2ccco2)cc1. The summed E-state index contributed by atoms with van der Waals surface area (Å²) in [6.07, 6.45) is 2.55.